The van der Waals surface area contributed by atoms with E-state index < -0.39 is 5.97 Å². The van der Waals surface area contributed by atoms with Gasteiger partial charge in [0.2, 0.25) is 5.89 Å². The molecule has 0 aliphatic heterocycles. The van der Waals surface area contributed by atoms with Gasteiger partial charge in [-0.2, -0.15) is 0 Å². The van der Waals surface area contributed by atoms with Crippen LogP contribution in [0.4, 0.5) is 0 Å². The molecule has 0 saturated heterocycles. The molecule has 0 spiro atoms. The maximum Gasteiger partial charge on any atom is 0.339 e. The van der Waals surface area contributed by atoms with Gasteiger partial charge in [-0.1, -0.05) is 54.6 Å². The predicted molar refractivity (Wildman–Crippen MR) is 105 cm³/mol. The highest BCUT2D eigenvalue weighted by molar-refractivity contribution is 7.13. The Hall–Kier alpha value is -3.51. The summed E-state index contributed by atoms with van der Waals surface area (Å²) in [7, 11) is 0. The number of nitrogens with zero attached hydrogens (tertiary/aromatic N) is 1. The van der Waals surface area contributed by atoms with Crippen LogP contribution in [0.1, 0.15) is 32.0 Å². The van der Waals surface area contributed by atoms with E-state index in [1.807, 2.05) is 23.6 Å². The number of ether oxygens (including phenoxy) is 1. The Kier molecular flexibility index (Phi) is 5.12. The molecule has 6 heteroatoms. The first-order valence-electron chi connectivity index (χ1n) is 8.56. The molecule has 0 radical (unpaired) electrons. The number of ketones is 1. The van der Waals surface area contributed by atoms with Crippen LogP contribution in [0.3, 0.4) is 0 Å². The molecular weight excluding hydrogens is 374 g/mol. The summed E-state index contributed by atoms with van der Waals surface area (Å²) in [6, 6.07) is 19.3. The maximum absolute atomic E-state index is 12.7. The average molecular weight is 389 g/mol. The highest BCUT2D eigenvalue weighted by atomic mass is 32.1. The molecule has 0 unspecified atom stereocenters. The molecule has 0 N–H and O–H groups in total. The number of carbonyl (C=O) groups excluding carboxylic acids is 2. The van der Waals surface area contributed by atoms with Crippen molar-refractivity contribution in [1.82, 2.24) is 4.98 Å². The largest absolute Gasteiger partial charge is 0.455 e. The van der Waals surface area contributed by atoms with E-state index in [4.69, 9.17) is 9.15 Å². The van der Waals surface area contributed by atoms with Gasteiger partial charge in [-0.05, 0) is 17.5 Å². The third kappa shape index (κ3) is 3.77. The summed E-state index contributed by atoms with van der Waals surface area (Å²) in [5, 5.41) is 1.93. The second-order valence-electron chi connectivity index (χ2n) is 5.94. The van der Waals surface area contributed by atoms with Crippen LogP contribution in [0.25, 0.3) is 10.8 Å². The zero-order chi connectivity index (χ0) is 19.3. The number of thiophene rings is 1. The fraction of sp³-hybridized carbons (Fsp3) is 0.0455. The van der Waals surface area contributed by atoms with E-state index in [2.05, 4.69) is 4.98 Å². The molecule has 0 aliphatic rings. The van der Waals surface area contributed by atoms with Crippen molar-refractivity contribution in [3.63, 3.8) is 0 Å². The van der Waals surface area contributed by atoms with Crippen molar-refractivity contribution in [2.24, 2.45) is 0 Å². The number of carbonyl (C=O) groups is 2. The molecule has 138 valence electrons. The molecule has 0 atom stereocenters. The van der Waals surface area contributed by atoms with Gasteiger partial charge in [-0.25, -0.2) is 9.78 Å². The summed E-state index contributed by atoms with van der Waals surface area (Å²) in [5.41, 5.74) is 1.54. The molecule has 0 bridgehead atoms. The number of hydrogen-bond acceptors (Lipinski definition) is 6. The zero-order valence-electron chi connectivity index (χ0n) is 14.7. The summed E-state index contributed by atoms with van der Waals surface area (Å²) in [4.78, 5) is 30.5. The minimum absolute atomic E-state index is 0.0401. The Morgan fingerprint density at radius 2 is 1.68 bits per heavy atom. The van der Waals surface area contributed by atoms with Gasteiger partial charge in [-0.15, -0.1) is 11.3 Å². The van der Waals surface area contributed by atoms with E-state index in [1.165, 1.54) is 17.6 Å². The fourth-order valence-electron chi connectivity index (χ4n) is 2.71. The maximum atomic E-state index is 12.7. The van der Waals surface area contributed by atoms with Gasteiger partial charge in [-0.3, -0.25) is 4.79 Å². The van der Waals surface area contributed by atoms with Crippen molar-refractivity contribution in [3.8, 4) is 10.8 Å². The van der Waals surface area contributed by atoms with Crippen molar-refractivity contribution in [2.45, 2.75) is 6.61 Å². The van der Waals surface area contributed by atoms with Crippen LogP contribution in [-0.4, -0.2) is 16.7 Å². The summed E-state index contributed by atoms with van der Waals surface area (Å²) >= 11 is 1.51. The number of oxazole rings is 1. The molecule has 4 rings (SSSR count). The third-order valence-corrected chi connectivity index (χ3v) is 4.92. The lowest BCUT2D eigenvalue weighted by Gasteiger charge is -2.08. The minimum Gasteiger partial charge on any atom is -0.455 e. The minimum atomic E-state index is -0.583. The molecular formula is C22H15NO4S. The van der Waals surface area contributed by atoms with E-state index >= 15 is 0 Å². The Morgan fingerprint density at radius 3 is 2.43 bits per heavy atom. The monoisotopic (exact) mass is 389 g/mol. The molecule has 2 aromatic heterocycles. The van der Waals surface area contributed by atoms with Crippen molar-refractivity contribution in [3.05, 3.63) is 101 Å². The predicted octanol–water partition coefficient (Wildman–Crippen LogP) is 4.99. The van der Waals surface area contributed by atoms with Gasteiger partial charge in [0.15, 0.2) is 5.78 Å². The van der Waals surface area contributed by atoms with Crippen LogP contribution in [-0.2, 0) is 11.3 Å². The molecule has 0 amide bonds. The van der Waals surface area contributed by atoms with E-state index in [9.17, 15) is 9.59 Å². The molecule has 5 nitrogen and oxygen atoms in total. The van der Waals surface area contributed by atoms with E-state index in [1.54, 1.807) is 48.5 Å². The van der Waals surface area contributed by atoms with Crippen LogP contribution in [0, 0.1) is 0 Å². The zero-order valence-corrected chi connectivity index (χ0v) is 15.5. The first-order chi connectivity index (χ1) is 13.7. The highest BCUT2D eigenvalue weighted by Gasteiger charge is 2.19. The second-order valence-corrected chi connectivity index (χ2v) is 6.89. The Morgan fingerprint density at radius 1 is 0.929 bits per heavy atom. The molecule has 0 aliphatic carbocycles. The smallest absolute Gasteiger partial charge is 0.339 e. The number of esters is 1. The normalized spacial score (nSPS) is 10.6. The average Bonchev–Trinajstić information content (AvgIpc) is 3.44. The molecule has 28 heavy (non-hydrogen) atoms. The van der Waals surface area contributed by atoms with Gasteiger partial charge in [0.05, 0.1) is 10.4 Å². The van der Waals surface area contributed by atoms with Gasteiger partial charge in [0, 0.05) is 11.1 Å². The van der Waals surface area contributed by atoms with Crippen molar-refractivity contribution >= 4 is 23.1 Å². The Labute approximate surface area is 165 Å². The Bertz CT molecular complexity index is 1100. The number of aromatic nitrogens is 1. The number of benzene rings is 2. The topological polar surface area (TPSA) is 69.4 Å². The third-order valence-electron chi connectivity index (χ3n) is 4.06. The Balaban J connectivity index is 1.49. The first kappa shape index (κ1) is 17.9. The summed E-state index contributed by atoms with van der Waals surface area (Å²) in [6.45, 7) is -0.0401. The number of rotatable bonds is 6. The standard InChI is InChI=1S/C22H15NO4S/c24-20(15-7-2-1-3-8-15)17-9-4-5-10-18(17)22(25)27-14-16-13-26-21(23-16)19-11-6-12-28-19/h1-13H,14H2. The number of hydrogen-bond donors (Lipinski definition) is 0. The molecule has 0 fully saturated rings. The molecule has 2 heterocycles. The van der Waals surface area contributed by atoms with E-state index in [-0.39, 0.29) is 18.0 Å². The van der Waals surface area contributed by atoms with Crippen LogP contribution in [0.15, 0.2) is 82.8 Å². The van der Waals surface area contributed by atoms with E-state index in [0.29, 0.717) is 22.7 Å². The lowest BCUT2D eigenvalue weighted by Crippen LogP contribution is -2.12. The van der Waals surface area contributed by atoms with Crippen LogP contribution < -0.4 is 0 Å². The van der Waals surface area contributed by atoms with Crippen LogP contribution in [0.5, 0.6) is 0 Å². The molecule has 2 aromatic carbocycles. The lowest BCUT2D eigenvalue weighted by molar-refractivity contribution is 0.0465. The van der Waals surface area contributed by atoms with Crippen LogP contribution in [0.2, 0.25) is 0 Å². The SMILES string of the molecule is O=C(OCc1coc(-c2cccs2)n1)c1ccccc1C(=O)c1ccccc1. The summed E-state index contributed by atoms with van der Waals surface area (Å²) in [5.74, 6) is -0.323. The summed E-state index contributed by atoms with van der Waals surface area (Å²) < 4.78 is 10.8. The fourth-order valence-corrected chi connectivity index (χ4v) is 3.36. The highest BCUT2D eigenvalue weighted by Crippen LogP contribution is 2.24. The quantitative estimate of drug-likeness (QED) is 0.343. The van der Waals surface area contributed by atoms with Crippen LogP contribution >= 0.6 is 11.3 Å². The second kappa shape index (κ2) is 8.02. The van der Waals surface area contributed by atoms with Gasteiger partial charge < -0.3 is 9.15 Å². The van der Waals surface area contributed by atoms with Crippen molar-refractivity contribution in [2.75, 3.05) is 0 Å². The van der Waals surface area contributed by atoms with E-state index in [0.717, 1.165) is 4.88 Å². The van der Waals surface area contributed by atoms with Gasteiger partial charge in [0.1, 0.15) is 18.6 Å². The van der Waals surface area contributed by atoms with Gasteiger partial charge in [0.25, 0.3) is 0 Å². The summed E-state index contributed by atoms with van der Waals surface area (Å²) in [6.07, 6.45) is 1.46. The molecule has 4 aromatic rings. The van der Waals surface area contributed by atoms with Gasteiger partial charge >= 0.3 is 5.97 Å². The lowest BCUT2D eigenvalue weighted by atomic mass is 9.98. The first-order valence-corrected chi connectivity index (χ1v) is 9.44. The molecule has 0 saturated carbocycles. The van der Waals surface area contributed by atoms with Crippen molar-refractivity contribution < 1.29 is 18.7 Å². The van der Waals surface area contributed by atoms with Crippen molar-refractivity contribution in [1.29, 1.82) is 0 Å².